The minimum atomic E-state index is 0. The van der Waals surface area contributed by atoms with Crippen LogP contribution in [0.1, 0.15) is 39.0 Å². The van der Waals surface area contributed by atoms with Gasteiger partial charge in [0.1, 0.15) is 5.01 Å². The molecule has 1 aliphatic carbocycles. The van der Waals surface area contributed by atoms with Crippen molar-refractivity contribution in [3.8, 4) is 0 Å². The van der Waals surface area contributed by atoms with E-state index in [2.05, 4.69) is 65.6 Å². The fourth-order valence-corrected chi connectivity index (χ4v) is 3.72. The molecule has 1 aromatic carbocycles. The second-order valence-corrected chi connectivity index (χ2v) is 7.41. The Morgan fingerprint density at radius 1 is 1.29 bits per heavy atom. The summed E-state index contributed by atoms with van der Waals surface area (Å²) in [5.74, 6) is 1.45. The fraction of sp³-hybridized carbons (Fsp3) is 0.444. The van der Waals surface area contributed by atoms with Crippen molar-refractivity contribution in [2.75, 3.05) is 7.05 Å². The van der Waals surface area contributed by atoms with Crippen LogP contribution >= 0.6 is 35.3 Å². The quantitative estimate of drug-likeness (QED) is 0.417. The van der Waals surface area contributed by atoms with Crippen LogP contribution in [0, 0.1) is 20.8 Å². The first kappa shape index (κ1) is 19.2. The van der Waals surface area contributed by atoms with Gasteiger partial charge in [-0.2, -0.15) is 0 Å². The third-order valence-corrected chi connectivity index (χ3v) is 5.48. The summed E-state index contributed by atoms with van der Waals surface area (Å²) in [5, 5.41) is 8.00. The van der Waals surface area contributed by atoms with Gasteiger partial charge in [0.15, 0.2) is 5.96 Å². The number of nitrogens with zero attached hydrogens (tertiary/aromatic N) is 2. The Morgan fingerprint density at radius 3 is 2.67 bits per heavy atom. The summed E-state index contributed by atoms with van der Waals surface area (Å²) in [7, 11) is 1.82. The molecule has 1 aromatic heterocycles. The predicted molar refractivity (Wildman–Crippen MR) is 113 cm³/mol. The summed E-state index contributed by atoms with van der Waals surface area (Å²) in [4.78, 5) is 10.2. The molecule has 3 rings (SSSR count). The SMILES string of the molecule is CN=C(NCc1nc(C)c(C)s1)NC1CC1c1ccccc1C.I. The van der Waals surface area contributed by atoms with E-state index in [1.54, 1.807) is 11.3 Å². The number of aryl methyl sites for hydroxylation is 3. The van der Waals surface area contributed by atoms with E-state index < -0.39 is 0 Å². The molecule has 2 N–H and O–H groups in total. The normalized spacial score (nSPS) is 19.6. The van der Waals surface area contributed by atoms with Crippen molar-refractivity contribution in [3.05, 3.63) is 51.0 Å². The number of hydrogen-bond acceptors (Lipinski definition) is 3. The molecule has 130 valence electrons. The number of hydrogen-bond donors (Lipinski definition) is 2. The van der Waals surface area contributed by atoms with Crippen molar-refractivity contribution in [1.82, 2.24) is 15.6 Å². The summed E-state index contributed by atoms with van der Waals surface area (Å²) < 4.78 is 0. The molecule has 6 heteroatoms. The van der Waals surface area contributed by atoms with Crippen molar-refractivity contribution in [1.29, 1.82) is 0 Å². The maximum absolute atomic E-state index is 4.56. The summed E-state index contributed by atoms with van der Waals surface area (Å²) in [6, 6.07) is 9.12. The van der Waals surface area contributed by atoms with Crippen LogP contribution in [0.5, 0.6) is 0 Å². The van der Waals surface area contributed by atoms with Gasteiger partial charge in [-0.05, 0) is 38.3 Å². The first-order chi connectivity index (χ1) is 11.1. The fourth-order valence-electron chi connectivity index (χ4n) is 2.85. The van der Waals surface area contributed by atoms with E-state index in [9.17, 15) is 0 Å². The molecule has 1 heterocycles. The average molecular weight is 456 g/mol. The minimum absolute atomic E-state index is 0. The van der Waals surface area contributed by atoms with Crippen LogP contribution in [0.3, 0.4) is 0 Å². The van der Waals surface area contributed by atoms with E-state index >= 15 is 0 Å². The lowest BCUT2D eigenvalue weighted by atomic mass is 10.0. The highest BCUT2D eigenvalue weighted by atomic mass is 127. The first-order valence-electron chi connectivity index (χ1n) is 8.04. The number of benzene rings is 1. The second-order valence-electron chi connectivity index (χ2n) is 6.12. The highest BCUT2D eigenvalue weighted by molar-refractivity contribution is 14.0. The summed E-state index contributed by atoms with van der Waals surface area (Å²) in [5.41, 5.74) is 3.95. The Morgan fingerprint density at radius 2 is 2.04 bits per heavy atom. The minimum Gasteiger partial charge on any atom is -0.353 e. The molecule has 0 bridgehead atoms. The number of aliphatic imine (C=N–C) groups is 1. The van der Waals surface area contributed by atoms with E-state index in [0.717, 1.165) is 23.2 Å². The van der Waals surface area contributed by atoms with E-state index in [4.69, 9.17) is 0 Å². The second kappa shape index (κ2) is 8.29. The van der Waals surface area contributed by atoms with Gasteiger partial charge < -0.3 is 10.6 Å². The molecule has 1 aliphatic rings. The van der Waals surface area contributed by atoms with E-state index in [0.29, 0.717) is 12.0 Å². The van der Waals surface area contributed by atoms with Gasteiger partial charge in [-0.15, -0.1) is 35.3 Å². The van der Waals surface area contributed by atoms with Crippen molar-refractivity contribution >= 4 is 41.3 Å². The number of guanidine groups is 1. The lowest BCUT2D eigenvalue weighted by Gasteiger charge is -2.11. The van der Waals surface area contributed by atoms with Gasteiger partial charge in [0, 0.05) is 23.9 Å². The van der Waals surface area contributed by atoms with Crippen molar-refractivity contribution < 1.29 is 0 Å². The maximum atomic E-state index is 4.56. The zero-order valence-electron chi connectivity index (χ0n) is 14.6. The maximum Gasteiger partial charge on any atom is 0.191 e. The van der Waals surface area contributed by atoms with Gasteiger partial charge in [0.05, 0.1) is 12.2 Å². The number of aromatic nitrogens is 1. The zero-order chi connectivity index (χ0) is 16.4. The molecule has 0 spiro atoms. The van der Waals surface area contributed by atoms with Crippen molar-refractivity contribution in [2.45, 2.75) is 45.7 Å². The topological polar surface area (TPSA) is 49.3 Å². The van der Waals surface area contributed by atoms with Gasteiger partial charge in [-0.3, -0.25) is 4.99 Å². The highest BCUT2D eigenvalue weighted by Gasteiger charge is 2.39. The Hall–Kier alpha value is -1.15. The first-order valence-corrected chi connectivity index (χ1v) is 8.85. The molecular formula is C18H25IN4S. The van der Waals surface area contributed by atoms with Crippen LogP contribution in [0.15, 0.2) is 29.3 Å². The van der Waals surface area contributed by atoms with Crippen LogP contribution in [0.2, 0.25) is 0 Å². The number of halogens is 1. The van der Waals surface area contributed by atoms with Crippen molar-refractivity contribution in [3.63, 3.8) is 0 Å². The molecule has 24 heavy (non-hydrogen) atoms. The monoisotopic (exact) mass is 456 g/mol. The number of nitrogens with one attached hydrogen (secondary N) is 2. The molecule has 0 radical (unpaired) electrons. The molecule has 1 saturated carbocycles. The molecule has 2 unspecified atom stereocenters. The van der Waals surface area contributed by atoms with Crippen LogP contribution in [-0.4, -0.2) is 24.0 Å². The van der Waals surface area contributed by atoms with Gasteiger partial charge in [0.25, 0.3) is 0 Å². The molecule has 2 aromatic rings. The largest absolute Gasteiger partial charge is 0.353 e. The zero-order valence-corrected chi connectivity index (χ0v) is 17.7. The van der Waals surface area contributed by atoms with Gasteiger partial charge in [-0.25, -0.2) is 4.98 Å². The average Bonchev–Trinajstić information content (AvgIpc) is 3.22. The molecule has 4 nitrogen and oxygen atoms in total. The van der Waals surface area contributed by atoms with Gasteiger partial charge in [-0.1, -0.05) is 24.3 Å². The number of rotatable bonds is 4. The van der Waals surface area contributed by atoms with E-state index in [1.165, 1.54) is 22.4 Å². The molecule has 0 saturated heterocycles. The summed E-state index contributed by atoms with van der Waals surface area (Å²) in [6.07, 6.45) is 1.17. The Kier molecular flexibility index (Phi) is 6.62. The smallest absolute Gasteiger partial charge is 0.191 e. The molecule has 2 atom stereocenters. The van der Waals surface area contributed by atoms with E-state index in [-0.39, 0.29) is 24.0 Å². The summed E-state index contributed by atoms with van der Waals surface area (Å²) in [6.45, 7) is 7.08. The third-order valence-electron chi connectivity index (χ3n) is 4.40. The van der Waals surface area contributed by atoms with Gasteiger partial charge >= 0.3 is 0 Å². The lowest BCUT2D eigenvalue weighted by Crippen LogP contribution is -2.38. The molecular weight excluding hydrogens is 431 g/mol. The number of thiazole rings is 1. The van der Waals surface area contributed by atoms with Crippen LogP contribution in [0.25, 0.3) is 0 Å². The standard InChI is InChI=1S/C18H24N4S.HI/c1-11-7-5-6-8-14(11)15-9-16(15)22-18(19-4)20-10-17-21-12(2)13(3)23-17;/h5-8,15-16H,9-10H2,1-4H3,(H2,19,20,22);1H. The summed E-state index contributed by atoms with van der Waals surface area (Å²) >= 11 is 1.74. The van der Waals surface area contributed by atoms with Crippen LogP contribution < -0.4 is 10.6 Å². The van der Waals surface area contributed by atoms with Crippen LogP contribution in [-0.2, 0) is 6.54 Å². The predicted octanol–water partition coefficient (Wildman–Crippen LogP) is 3.91. The molecule has 1 fully saturated rings. The van der Waals surface area contributed by atoms with Crippen molar-refractivity contribution in [2.24, 2.45) is 4.99 Å². The lowest BCUT2D eigenvalue weighted by molar-refractivity contribution is 0.785. The molecule has 0 aliphatic heterocycles. The Labute approximate surface area is 165 Å². The molecule has 0 amide bonds. The van der Waals surface area contributed by atoms with Gasteiger partial charge in [0.2, 0.25) is 0 Å². The van der Waals surface area contributed by atoms with E-state index in [1.807, 2.05) is 7.05 Å². The highest BCUT2D eigenvalue weighted by Crippen LogP contribution is 2.42. The van der Waals surface area contributed by atoms with Crippen LogP contribution in [0.4, 0.5) is 0 Å². The Balaban J connectivity index is 0.00000208. The third kappa shape index (κ3) is 4.47. The Bertz CT molecular complexity index is 706.